The molecular formula is C25H20FNO3S. The number of halogens is 1. The van der Waals surface area contributed by atoms with Crippen molar-refractivity contribution in [1.82, 2.24) is 4.90 Å². The summed E-state index contributed by atoms with van der Waals surface area (Å²) in [4.78, 5) is 28.0. The van der Waals surface area contributed by atoms with Gasteiger partial charge in [-0.1, -0.05) is 60.7 Å². The normalized spacial score (nSPS) is 13.8. The van der Waals surface area contributed by atoms with Crippen molar-refractivity contribution in [2.24, 2.45) is 0 Å². The first kappa shape index (κ1) is 20.9. The van der Waals surface area contributed by atoms with Crippen molar-refractivity contribution in [2.45, 2.75) is 12.3 Å². The molecule has 0 radical (unpaired) electrons. The Hall–Kier alpha value is -3.38. The maximum atomic E-state index is 14.2. The van der Waals surface area contributed by atoms with Crippen molar-refractivity contribution in [3.8, 4) is 5.75 Å². The smallest absolute Gasteiger partial charge is 0.268 e. The van der Waals surface area contributed by atoms with E-state index in [-0.39, 0.29) is 6.54 Å². The fourth-order valence-corrected chi connectivity index (χ4v) is 4.46. The number of hydrogen-bond donors (Lipinski definition) is 0. The first-order valence-corrected chi connectivity index (χ1v) is 10.7. The third-order valence-electron chi connectivity index (χ3n) is 5.02. The van der Waals surface area contributed by atoms with E-state index >= 15 is 0 Å². The van der Waals surface area contributed by atoms with Crippen LogP contribution in [0.3, 0.4) is 0 Å². The molecule has 31 heavy (non-hydrogen) atoms. The van der Waals surface area contributed by atoms with E-state index in [0.29, 0.717) is 33.1 Å². The highest BCUT2D eigenvalue weighted by molar-refractivity contribution is 8.03. The fraction of sp³-hybridized carbons (Fsp3) is 0.120. The Morgan fingerprint density at radius 1 is 0.871 bits per heavy atom. The van der Waals surface area contributed by atoms with Crippen molar-refractivity contribution in [3.05, 3.63) is 106 Å². The molecule has 6 heteroatoms. The Balaban J connectivity index is 1.68. The van der Waals surface area contributed by atoms with Gasteiger partial charge in [0.2, 0.25) is 0 Å². The molecule has 1 aliphatic rings. The van der Waals surface area contributed by atoms with E-state index in [1.165, 1.54) is 17.8 Å². The highest BCUT2D eigenvalue weighted by Crippen LogP contribution is 2.38. The Bertz CT molecular complexity index is 1140. The van der Waals surface area contributed by atoms with Gasteiger partial charge >= 0.3 is 0 Å². The van der Waals surface area contributed by atoms with Crippen molar-refractivity contribution < 1.29 is 18.7 Å². The summed E-state index contributed by atoms with van der Waals surface area (Å²) in [5.41, 5.74) is 2.31. The summed E-state index contributed by atoms with van der Waals surface area (Å²) in [7, 11) is 1.57. The number of carbonyl (C=O) groups excluding carboxylic acids is 2. The van der Waals surface area contributed by atoms with Crippen molar-refractivity contribution >= 4 is 29.1 Å². The Morgan fingerprint density at radius 2 is 1.55 bits per heavy atom. The van der Waals surface area contributed by atoms with Crippen LogP contribution >= 0.6 is 11.8 Å². The molecule has 0 fully saturated rings. The number of hydrogen-bond acceptors (Lipinski definition) is 4. The first-order chi connectivity index (χ1) is 15.1. The topological polar surface area (TPSA) is 46.6 Å². The minimum Gasteiger partial charge on any atom is -0.497 e. The summed E-state index contributed by atoms with van der Waals surface area (Å²) in [5, 5.41) is 0. The molecule has 1 heterocycles. The molecular weight excluding hydrogens is 413 g/mol. The number of thioether (sulfide) groups is 1. The Labute approximate surface area is 184 Å². The Morgan fingerprint density at radius 3 is 2.23 bits per heavy atom. The molecule has 3 aromatic carbocycles. The number of nitrogens with zero attached hydrogens (tertiary/aromatic N) is 1. The lowest BCUT2D eigenvalue weighted by Crippen LogP contribution is -2.31. The van der Waals surface area contributed by atoms with Gasteiger partial charge in [-0.25, -0.2) is 4.39 Å². The van der Waals surface area contributed by atoms with E-state index in [4.69, 9.17) is 4.74 Å². The van der Waals surface area contributed by atoms with Gasteiger partial charge in [0.15, 0.2) is 0 Å². The second-order valence-corrected chi connectivity index (χ2v) is 7.98. The first-order valence-electron chi connectivity index (χ1n) is 9.73. The van der Waals surface area contributed by atoms with Crippen LogP contribution in [0.5, 0.6) is 5.75 Å². The van der Waals surface area contributed by atoms with Gasteiger partial charge in [0, 0.05) is 11.3 Å². The highest BCUT2D eigenvalue weighted by Gasteiger charge is 2.39. The molecule has 0 saturated carbocycles. The molecule has 156 valence electrons. The lowest BCUT2D eigenvalue weighted by Gasteiger charge is -2.15. The fourth-order valence-electron chi connectivity index (χ4n) is 3.37. The van der Waals surface area contributed by atoms with E-state index in [2.05, 4.69) is 0 Å². The molecule has 0 bridgehead atoms. The van der Waals surface area contributed by atoms with Gasteiger partial charge in [-0.05, 0) is 29.3 Å². The van der Waals surface area contributed by atoms with Gasteiger partial charge < -0.3 is 4.74 Å². The molecule has 0 aliphatic carbocycles. The lowest BCUT2D eigenvalue weighted by atomic mass is 10.1. The molecule has 0 unspecified atom stereocenters. The molecule has 1 aliphatic heterocycles. The van der Waals surface area contributed by atoms with Crippen LogP contribution in [0.2, 0.25) is 0 Å². The predicted molar refractivity (Wildman–Crippen MR) is 120 cm³/mol. The number of methoxy groups -OCH3 is 1. The highest BCUT2D eigenvalue weighted by atomic mass is 32.2. The second-order valence-electron chi connectivity index (χ2n) is 6.99. The van der Waals surface area contributed by atoms with Crippen LogP contribution < -0.4 is 4.74 Å². The van der Waals surface area contributed by atoms with E-state index in [1.807, 2.05) is 30.3 Å². The molecule has 4 rings (SSSR count). The molecule has 0 atom stereocenters. The summed E-state index contributed by atoms with van der Waals surface area (Å²) in [6.45, 7) is -0.112. The summed E-state index contributed by atoms with van der Waals surface area (Å²) in [6, 6.07) is 22.9. The summed E-state index contributed by atoms with van der Waals surface area (Å²) in [5.74, 6) is -0.0705. The number of rotatable bonds is 7. The summed E-state index contributed by atoms with van der Waals surface area (Å²) >= 11 is 1.32. The number of carbonyl (C=O) groups is 2. The van der Waals surface area contributed by atoms with Gasteiger partial charge in [-0.15, -0.1) is 11.8 Å². The SMILES string of the molecule is COc1ccc(C2=C(SCc3ccccc3)C(=O)N(Cc3ccccc3F)C2=O)cc1. The second kappa shape index (κ2) is 9.18. The van der Waals surface area contributed by atoms with Crippen LogP contribution in [0.4, 0.5) is 4.39 Å². The predicted octanol–water partition coefficient (Wildman–Crippen LogP) is 5.05. The van der Waals surface area contributed by atoms with Gasteiger partial charge in [0.05, 0.1) is 24.1 Å². The molecule has 0 spiro atoms. The molecule has 0 N–H and O–H groups in total. The molecule has 0 saturated heterocycles. The quantitative estimate of drug-likeness (QED) is 0.490. The van der Waals surface area contributed by atoms with Gasteiger partial charge in [-0.3, -0.25) is 14.5 Å². The van der Waals surface area contributed by atoms with Crippen LogP contribution in [-0.2, 0) is 21.9 Å². The van der Waals surface area contributed by atoms with E-state index in [1.54, 1.807) is 49.6 Å². The van der Waals surface area contributed by atoms with Crippen LogP contribution in [0.15, 0.2) is 83.8 Å². The van der Waals surface area contributed by atoms with Crippen molar-refractivity contribution in [2.75, 3.05) is 7.11 Å². The van der Waals surface area contributed by atoms with Crippen molar-refractivity contribution in [1.29, 1.82) is 0 Å². The van der Waals surface area contributed by atoms with Crippen LogP contribution in [0.25, 0.3) is 5.57 Å². The molecule has 3 aromatic rings. The van der Waals surface area contributed by atoms with Gasteiger partial charge in [-0.2, -0.15) is 0 Å². The minimum absolute atomic E-state index is 0.112. The van der Waals surface area contributed by atoms with Gasteiger partial charge in [0.25, 0.3) is 11.8 Å². The van der Waals surface area contributed by atoms with E-state index in [9.17, 15) is 14.0 Å². The average Bonchev–Trinajstić information content (AvgIpc) is 3.04. The average molecular weight is 434 g/mol. The van der Waals surface area contributed by atoms with Crippen LogP contribution in [0, 0.1) is 5.82 Å². The standard InChI is InChI=1S/C25H20FNO3S/c1-30-20-13-11-18(12-14-20)22-23(31-16-17-7-3-2-4-8-17)25(29)27(24(22)28)15-19-9-5-6-10-21(19)26/h2-14H,15-16H2,1H3. The van der Waals surface area contributed by atoms with Crippen LogP contribution in [0.1, 0.15) is 16.7 Å². The van der Waals surface area contributed by atoms with Crippen LogP contribution in [-0.4, -0.2) is 23.8 Å². The molecule has 2 amide bonds. The zero-order valence-corrected chi connectivity index (χ0v) is 17.7. The molecule has 4 nitrogen and oxygen atoms in total. The van der Waals surface area contributed by atoms with Gasteiger partial charge in [0.1, 0.15) is 11.6 Å². The third-order valence-corrected chi connectivity index (χ3v) is 6.16. The summed E-state index contributed by atoms with van der Waals surface area (Å²) in [6.07, 6.45) is 0. The third kappa shape index (κ3) is 4.39. The lowest BCUT2D eigenvalue weighted by molar-refractivity contribution is -0.137. The molecule has 0 aromatic heterocycles. The number of amides is 2. The maximum Gasteiger partial charge on any atom is 0.268 e. The largest absolute Gasteiger partial charge is 0.497 e. The van der Waals surface area contributed by atoms with Crippen molar-refractivity contribution in [3.63, 3.8) is 0 Å². The maximum absolute atomic E-state index is 14.2. The monoisotopic (exact) mass is 433 g/mol. The minimum atomic E-state index is -0.445. The van der Waals surface area contributed by atoms with E-state index in [0.717, 1.165) is 10.5 Å². The number of ether oxygens (including phenoxy) is 1. The summed E-state index contributed by atoms with van der Waals surface area (Å²) < 4.78 is 19.4. The Kier molecular flexibility index (Phi) is 6.18. The number of benzene rings is 3. The zero-order valence-electron chi connectivity index (χ0n) is 16.9. The number of imide groups is 1. The van der Waals surface area contributed by atoms with E-state index < -0.39 is 17.6 Å². The zero-order chi connectivity index (χ0) is 21.8.